The molecule has 5 nitrogen and oxygen atoms in total. The molecule has 0 bridgehead atoms. The Hall–Kier alpha value is -1.07. The highest BCUT2D eigenvalue weighted by Crippen LogP contribution is 2.23. The summed E-state index contributed by atoms with van der Waals surface area (Å²) in [4.78, 5) is 14.3. The maximum Gasteiger partial charge on any atom is 0.244 e. The number of aliphatic hydroxyl groups is 1. The number of amides is 1. The van der Waals surface area contributed by atoms with Crippen LogP contribution in [-0.2, 0) is 11.3 Å². The molecule has 2 atom stereocenters. The highest BCUT2D eigenvalue weighted by atomic mass is 35.5. The minimum Gasteiger partial charge on any atom is -0.393 e. The first-order valence-electron chi connectivity index (χ1n) is 7.07. The molecule has 112 valence electrons. The van der Waals surface area contributed by atoms with Crippen LogP contribution in [0.4, 0.5) is 0 Å². The Morgan fingerprint density at radius 2 is 2.25 bits per heavy atom. The van der Waals surface area contributed by atoms with Crippen molar-refractivity contribution < 1.29 is 9.90 Å². The molecular weight excluding hydrogens is 278 g/mol. The molecule has 2 unspecified atom stereocenters. The first-order chi connectivity index (χ1) is 9.40. The molecule has 1 aromatic rings. The number of aryl methyl sites for hydroxylation is 1. The van der Waals surface area contributed by atoms with Crippen molar-refractivity contribution in [1.82, 2.24) is 14.7 Å². The Bertz CT molecular complexity index is 499. The third kappa shape index (κ3) is 3.15. The molecule has 2 rings (SSSR count). The molecule has 0 aliphatic carbocycles. The lowest BCUT2D eigenvalue weighted by Crippen LogP contribution is -2.39. The average Bonchev–Trinajstić information content (AvgIpc) is 2.91. The Balaban J connectivity index is 2.05. The third-order valence-corrected chi connectivity index (χ3v) is 4.44. The van der Waals surface area contributed by atoms with Gasteiger partial charge in [0.05, 0.1) is 22.5 Å². The number of halogens is 1. The third-order valence-electron chi connectivity index (χ3n) is 3.89. The van der Waals surface area contributed by atoms with E-state index in [1.165, 1.54) is 0 Å². The van der Waals surface area contributed by atoms with Gasteiger partial charge < -0.3 is 10.0 Å². The molecule has 1 saturated heterocycles. The molecule has 2 heterocycles. The van der Waals surface area contributed by atoms with Gasteiger partial charge in [0.15, 0.2) is 0 Å². The Labute approximate surface area is 124 Å². The summed E-state index contributed by atoms with van der Waals surface area (Å²) in [6, 6.07) is 0.148. The van der Waals surface area contributed by atoms with Gasteiger partial charge in [-0.3, -0.25) is 9.48 Å². The van der Waals surface area contributed by atoms with Crippen LogP contribution in [0.2, 0.25) is 5.02 Å². The fourth-order valence-corrected chi connectivity index (χ4v) is 2.99. The van der Waals surface area contributed by atoms with Gasteiger partial charge in [-0.1, -0.05) is 11.6 Å². The van der Waals surface area contributed by atoms with Gasteiger partial charge in [0.2, 0.25) is 5.91 Å². The summed E-state index contributed by atoms with van der Waals surface area (Å²) < 4.78 is 1.66. The van der Waals surface area contributed by atoms with E-state index in [0.29, 0.717) is 11.4 Å². The van der Waals surface area contributed by atoms with E-state index < -0.39 is 0 Å². The van der Waals surface area contributed by atoms with Crippen LogP contribution >= 0.6 is 11.6 Å². The largest absolute Gasteiger partial charge is 0.393 e. The molecule has 1 aliphatic rings. The first kappa shape index (κ1) is 15.3. The number of aliphatic hydroxyl groups excluding tert-OH is 1. The molecule has 1 aliphatic heterocycles. The molecule has 1 N–H and O–H groups in total. The monoisotopic (exact) mass is 299 g/mol. The normalized spacial score (nSPS) is 20.4. The van der Waals surface area contributed by atoms with E-state index in [0.717, 1.165) is 30.8 Å². The summed E-state index contributed by atoms with van der Waals surface area (Å²) in [7, 11) is 0. The van der Waals surface area contributed by atoms with E-state index >= 15 is 0 Å². The molecule has 1 aromatic heterocycles. The first-order valence-corrected chi connectivity index (χ1v) is 7.45. The van der Waals surface area contributed by atoms with E-state index in [-0.39, 0.29) is 24.6 Å². The van der Waals surface area contributed by atoms with Gasteiger partial charge in [-0.05, 0) is 40.0 Å². The van der Waals surface area contributed by atoms with Crippen molar-refractivity contribution in [2.24, 2.45) is 0 Å². The number of rotatable bonds is 4. The molecular formula is C14H22ClN3O2. The van der Waals surface area contributed by atoms with Gasteiger partial charge in [0.1, 0.15) is 6.54 Å². The number of aromatic nitrogens is 2. The lowest BCUT2D eigenvalue weighted by atomic mass is 10.1. The molecule has 1 fully saturated rings. The summed E-state index contributed by atoms with van der Waals surface area (Å²) in [5.74, 6) is 0.0513. The molecule has 20 heavy (non-hydrogen) atoms. The topological polar surface area (TPSA) is 58.4 Å². The number of hydrogen-bond donors (Lipinski definition) is 1. The van der Waals surface area contributed by atoms with Crippen LogP contribution in [0, 0.1) is 13.8 Å². The van der Waals surface area contributed by atoms with Crippen LogP contribution in [0.5, 0.6) is 0 Å². The fraction of sp³-hybridized carbons (Fsp3) is 0.714. The van der Waals surface area contributed by atoms with Crippen LogP contribution in [0.25, 0.3) is 0 Å². The highest BCUT2D eigenvalue weighted by molar-refractivity contribution is 6.31. The maximum absolute atomic E-state index is 12.4. The predicted molar refractivity (Wildman–Crippen MR) is 77.7 cm³/mol. The summed E-state index contributed by atoms with van der Waals surface area (Å²) in [6.45, 7) is 6.45. The van der Waals surface area contributed by atoms with Crippen LogP contribution in [0.1, 0.15) is 37.6 Å². The molecule has 6 heteroatoms. The molecule has 0 aromatic carbocycles. The van der Waals surface area contributed by atoms with E-state index in [9.17, 15) is 9.90 Å². The minimum absolute atomic E-state index is 0.0513. The number of hydrogen-bond acceptors (Lipinski definition) is 3. The smallest absolute Gasteiger partial charge is 0.244 e. The quantitative estimate of drug-likeness (QED) is 0.924. The zero-order valence-electron chi connectivity index (χ0n) is 12.3. The Morgan fingerprint density at radius 1 is 1.55 bits per heavy atom. The number of likely N-dealkylation sites (tertiary alicyclic amines) is 1. The summed E-state index contributed by atoms with van der Waals surface area (Å²) >= 11 is 6.10. The van der Waals surface area contributed by atoms with Crippen molar-refractivity contribution in [2.75, 3.05) is 6.54 Å². The predicted octanol–water partition coefficient (Wildman–Crippen LogP) is 1.92. The molecule has 0 saturated carbocycles. The minimum atomic E-state index is -0.378. The second kappa shape index (κ2) is 6.14. The molecule has 1 amide bonds. The van der Waals surface area contributed by atoms with Crippen molar-refractivity contribution in [3.63, 3.8) is 0 Å². The SMILES string of the molecule is Cc1nn(CC(=O)N2CCCC2CC(C)O)c(C)c1Cl. The van der Waals surface area contributed by atoms with E-state index in [2.05, 4.69) is 5.10 Å². The molecule has 0 radical (unpaired) electrons. The van der Waals surface area contributed by atoms with Gasteiger partial charge in [-0.2, -0.15) is 5.10 Å². The van der Waals surface area contributed by atoms with Crippen LogP contribution in [-0.4, -0.2) is 44.4 Å². The van der Waals surface area contributed by atoms with Gasteiger partial charge >= 0.3 is 0 Å². The van der Waals surface area contributed by atoms with Crippen molar-refractivity contribution in [2.45, 2.75) is 58.7 Å². The van der Waals surface area contributed by atoms with Crippen LogP contribution in [0.15, 0.2) is 0 Å². The Kier molecular flexibility index (Phi) is 4.70. The standard InChI is InChI=1S/C14H22ClN3O2/c1-9(19)7-12-5-4-6-17(12)13(20)8-18-11(3)14(15)10(2)16-18/h9,12,19H,4-8H2,1-3H3. The summed E-state index contributed by atoms with van der Waals surface area (Å²) in [6.07, 6.45) is 2.23. The van der Waals surface area contributed by atoms with Crippen LogP contribution in [0.3, 0.4) is 0 Å². The van der Waals surface area contributed by atoms with Gasteiger partial charge in [-0.25, -0.2) is 0 Å². The average molecular weight is 300 g/mol. The van der Waals surface area contributed by atoms with Gasteiger partial charge in [-0.15, -0.1) is 0 Å². The van der Waals surface area contributed by atoms with Crippen molar-refractivity contribution in [1.29, 1.82) is 0 Å². The summed E-state index contributed by atoms with van der Waals surface area (Å²) in [5.41, 5.74) is 1.57. The lowest BCUT2D eigenvalue weighted by molar-refractivity contribution is -0.133. The number of carbonyl (C=O) groups excluding carboxylic acids is 1. The lowest BCUT2D eigenvalue weighted by Gasteiger charge is -2.25. The van der Waals surface area contributed by atoms with E-state index in [4.69, 9.17) is 11.6 Å². The zero-order chi connectivity index (χ0) is 14.9. The fourth-order valence-electron chi connectivity index (χ4n) is 2.85. The van der Waals surface area contributed by atoms with Crippen molar-refractivity contribution in [3.05, 3.63) is 16.4 Å². The molecule has 0 spiro atoms. The maximum atomic E-state index is 12.4. The zero-order valence-corrected chi connectivity index (χ0v) is 13.0. The van der Waals surface area contributed by atoms with E-state index in [1.54, 1.807) is 11.6 Å². The van der Waals surface area contributed by atoms with Gasteiger partial charge in [0.25, 0.3) is 0 Å². The van der Waals surface area contributed by atoms with E-state index in [1.807, 2.05) is 18.7 Å². The second-order valence-electron chi connectivity index (χ2n) is 5.61. The number of carbonyl (C=O) groups is 1. The second-order valence-corrected chi connectivity index (χ2v) is 5.99. The van der Waals surface area contributed by atoms with Gasteiger partial charge in [0, 0.05) is 12.6 Å². The van der Waals surface area contributed by atoms with Crippen molar-refractivity contribution in [3.8, 4) is 0 Å². The highest BCUT2D eigenvalue weighted by Gasteiger charge is 2.30. The Morgan fingerprint density at radius 3 is 2.80 bits per heavy atom. The number of nitrogens with zero attached hydrogens (tertiary/aromatic N) is 3. The van der Waals surface area contributed by atoms with Crippen molar-refractivity contribution >= 4 is 17.5 Å². The van der Waals surface area contributed by atoms with Crippen LogP contribution < -0.4 is 0 Å². The summed E-state index contributed by atoms with van der Waals surface area (Å²) in [5, 5.41) is 14.4.